The van der Waals surface area contributed by atoms with E-state index in [2.05, 4.69) is 10.3 Å². The van der Waals surface area contributed by atoms with Crippen molar-refractivity contribution in [1.29, 1.82) is 0 Å². The first kappa shape index (κ1) is 20.6. The summed E-state index contributed by atoms with van der Waals surface area (Å²) in [4.78, 5) is 29.4. The van der Waals surface area contributed by atoms with E-state index in [1.165, 1.54) is 25.4 Å². The molecule has 0 saturated carbocycles. The second kappa shape index (κ2) is 7.88. The smallest absolute Gasteiger partial charge is 0.342 e. The minimum atomic E-state index is -1.77. The number of fused-ring (bicyclic) bond motifs is 1. The number of hydrogen-bond acceptors (Lipinski definition) is 6. The topological polar surface area (TPSA) is 81.4 Å². The van der Waals surface area contributed by atoms with Crippen molar-refractivity contribution < 1.29 is 31.9 Å². The highest BCUT2D eigenvalue weighted by atomic mass is 32.1. The van der Waals surface area contributed by atoms with Gasteiger partial charge in [0.15, 0.2) is 17.5 Å². The molecule has 2 heterocycles. The van der Waals surface area contributed by atoms with E-state index >= 15 is 0 Å². The molecule has 1 N–H and O–H groups in total. The Bertz CT molecular complexity index is 1310. The molecule has 2 aromatic heterocycles. The number of carbonyl (C=O) groups is 2. The Morgan fingerprint density at radius 2 is 1.84 bits per heavy atom. The van der Waals surface area contributed by atoms with Gasteiger partial charge in [-0.05, 0) is 31.2 Å². The van der Waals surface area contributed by atoms with Crippen molar-refractivity contribution in [1.82, 2.24) is 4.98 Å². The zero-order valence-electron chi connectivity index (χ0n) is 16.1. The van der Waals surface area contributed by atoms with Gasteiger partial charge in [-0.2, -0.15) is 0 Å². The third-order valence-corrected chi connectivity index (χ3v) is 5.54. The number of hydrogen-bond donors (Lipinski definition) is 1. The Morgan fingerprint density at radius 3 is 2.55 bits per heavy atom. The second-order valence-electron chi connectivity index (χ2n) is 6.39. The molecule has 4 rings (SSSR count). The van der Waals surface area contributed by atoms with Crippen LogP contribution in [0.3, 0.4) is 0 Å². The number of amides is 1. The number of halogens is 3. The number of anilines is 1. The Morgan fingerprint density at radius 1 is 1.10 bits per heavy atom. The predicted octanol–water partition coefficient (Wildman–Crippen LogP) is 5.32. The summed E-state index contributed by atoms with van der Waals surface area (Å²) in [5, 5.41) is 2.67. The van der Waals surface area contributed by atoms with Crippen LogP contribution in [0.25, 0.3) is 20.8 Å². The van der Waals surface area contributed by atoms with Crippen LogP contribution in [-0.4, -0.2) is 24.0 Å². The lowest BCUT2D eigenvalue weighted by Crippen LogP contribution is -2.15. The summed E-state index contributed by atoms with van der Waals surface area (Å²) in [6.45, 7) is 1.48. The van der Waals surface area contributed by atoms with Crippen molar-refractivity contribution in [3.05, 3.63) is 70.7 Å². The molecule has 0 saturated heterocycles. The molecular formula is C21H13F3N2O4S. The van der Waals surface area contributed by atoms with Gasteiger partial charge in [-0.25, -0.2) is 22.9 Å². The van der Waals surface area contributed by atoms with E-state index in [9.17, 15) is 22.8 Å². The lowest BCUT2D eigenvalue weighted by atomic mass is 10.1. The number of aromatic nitrogens is 1. The lowest BCUT2D eigenvalue weighted by Gasteiger charge is -2.06. The zero-order chi connectivity index (χ0) is 22.3. The van der Waals surface area contributed by atoms with Gasteiger partial charge in [0.1, 0.15) is 16.3 Å². The third-order valence-electron chi connectivity index (χ3n) is 4.49. The van der Waals surface area contributed by atoms with Gasteiger partial charge in [-0.1, -0.05) is 12.1 Å². The van der Waals surface area contributed by atoms with Gasteiger partial charge in [0.05, 0.1) is 28.5 Å². The molecule has 0 fully saturated rings. The number of esters is 1. The fourth-order valence-electron chi connectivity index (χ4n) is 3.04. The average Bonchev–Trinajstić information content (AvgIpc) is 3.31. The fourth-order valence-corrected chi connectivity index (χ4v) is 4.05. The molecule has 0 bridgehead atoms. The fraction of sp³-hybridized carbons (Fsp3) is 0.0952. The third kappa shape index (κ3) is 3.55. The molecule has 6 nitrogen and oxygen atoms in total. The summed E-state index contributed by atoms with van der Waals surface area (Å²) < 4.78 is 52.0. The van der Waals surface area contributed by atoms with Crippen molar-refractivity contribution in [2.45, 2.75) is 6.92 Å². The summed E-state index contributed by atoms with van der Waals surface area (Å²) in [7, 11) is 1.19. The van der Waals surface area contributed by atoms with Crippen LogP contribution in [0.2, 0.25) is 0 Å². The monoisotopic (exact) mass is 446 g/mol. The number of aryl methyl sites for hydroxylation is 1. The molecule has 31 heavy (non-hydrogen) atoms. The summed E-state index contributed by atoms with van der Waals surface area (Å²) in [6, 6.07) is 8.65. The molecule has 0 atom stereocenters. The number of nitrogens with zero attached hydrogens (tertiary/aromatic N) is 1. The number of rotatable bonds is 4. The van der Waals surface area contributed by atoms with Crippen LogP contribution >= 0.6 is 11.3 Å². The van der Waals surface area contributed by atoms with E-state index in [4.69, 9.17) is 9.15 Å². The molecule has 0 aliphatic rings. The molecular weight excluding hydrogens is 433 g/mol. The maximum absolute atomic E-state index is 14.1. The summed E-state index contributed by atoms with van der Waals surface area (Å²) >= 11 is 1.24. The van der Waals surface area contributed by atoms with E-state index in [0.717, 1.165) is 10.8 Å². The number of ether oxygens (including phenoxy) is 1. The normalized spacial score (nSPS) is 11.0. The molecule has 0 aliphatic carbocycles. The molecule has 0 radical (unpaired) electrons. The van der Waals surface area contributed by atoms with E-state index in [-0.39, 0.29) is 22.8 Å². The van der Waals surface area contributed by atoms with Gasteiger partial charge in [0.25, 0.3) is 5.91 Å². The van der Waals surface area contributed by atoms with Crippen LogP contribution in [0.1, 0.15) is 26.5 Å². The Hall–Kier alpha value is -3.66. The minimum absolute atomic E-state index is 0.0302. The minimum Gasteiger partial charge on any atom is -0.465 e. The number of carbonyl (C=O) groups excluding carboxylic acids is 2. The maximum atomic E-state index is 14.1. The van der Waals surface area contributed by atoms with E-state index < -0.39 is 34.9 Å². The van der Waals surface area contributed by atoms with Gasteiger partial charge >= 0.3 is 5.97 Å². The maximum Gasteiger partial charge on any atom is 0.342 e. The van der Waals surface area contributed by atoms with Gasteiger partial charge in [0, 0.05) is 0 Å². The van der Waals surface area contributed by atoms with Crippen molar-refractivity contribution in [3.8, 4) is 10.6 Å². The number of nitrogens with one attached hydrogen (secondary N) is 1. The molecule has 0 spiro atoms. The van der Waals surface area contributed by atoms with Gasteiger partial charge < -0.3 is 9.15 Å². The van der Waals surface area contributed by atoms with Crippen molar-refractivity contribution in [3.63, 3.8) is 0 Å². The van der Waals surface area contributed by atoms with Crippen molar-refractivity contribution >= 4 is 39.3 Å². The first-order valence-corrected chi connectivity index (χ1v) is 9.66. The van der Waals surface area contributed by atoms with Gasteiger partial charge in [-0.3, -0.25) is 10.1 Å². The first-order chi connectivity index (χ1) is 14.8. The van der Waals surface area contributed by atoms with Crippen LogP contribution in [0.4, 0.5) is 19.1 Å². The van der Waals surface area contributed by atoms with Crippen LogP contribution in [0.15, 0.2) is 40.8 Å². The van der Waals surface area contributed by atoms with E-state index in [0.29, 0.717) is 16.6 Å². The quantitative estimate of drug-likeness (QED) is 0.339. The van der Waals surface area contributed by atoms with Crippen LogP contribution < -0.4 is 5.32 Å². The van der Waals surface area contributed by atoms with Gasteiger partial charge in [-0.15, -0.1) is 11.3 Å². The van der Waals surface area contributed by atoms with Gasteiger partial charge in [0.2, 0.25) is 5.88 Å². The van der Waals surface area contributed by atoms with Crippen LogP contribution in [-0.2, 0) is 4.74 Å². The van der Waals surface area contributed by atoms with Crippen LogP contribution in [0, 0.1) is 24.4 Å². The summed E-state index contributed by atoms with van der Waals surface area (Å²) in [5.41, 5.74) is 0.0911. The number of para-hydroxylation sites is 1. The van der Waals surface area contributed by atoms with Crippen LogP contribution in [0.5, 0.6) is 0 Å². The molecule has 0 aliphatic heterocycles. The highest BCUT2D eigenvalue weighted by Crippen LogP contribution is 2.40. The molecule has 4 aromatic rings. The Kier molecular flexibility index (Phi) is 5.24. The summed E-state index contributed by atoms with van der Waals surface area (Å²) in [6.07, 6.45) is 0. The summed E-state index contributed by atoms with van der Waals surface area (Å²) in [5.74, 6) is -6.74. The van der Waals surface area contributed by atoms with Crippen molar-refractivity contribution in [2.24, 2.45) is 0 Å². The number of furan rings is 1. The largest absolute Gasteiger partial charge is 0.465 e. The molecule has 0 unspecified atom stereocenters. The van der Waals surface area contributed by atoms with E-state index in [1.54, 1.807) is 12.1 Å². The van der Waals surface area contributed by atoms with Crippen molar-refractivity contribution in [2.75, 3.05) is 12.4 Å². The number of methoxy groups -OCH3 is 1. The molecule has 10 heteroatoms. The second-order valence-corrected chi connectivity index (χ2v) is 7.42. The number of thiazole rings is 1. The number of benzene rings is 2. The molecule has 158 valence electrons. The predicted molar refractivity (Wildman–Crippen MR) is 108 cm³/mol. The molecule has 1 amide bonds. The standard InChI is InChI=1S/C21H13F3N2O4S/c1-9-14(21(28)29-2)15(20-25-12-5-3-4-6-13(12)31-20)19(30-9)26-18(27)10-7-8-11(22)17(24)16(10)23/h3-8H,1-2H3,(H,26,27). The Balaban J connectivity index is 1.84. The molecule has 2 aromatic carbocycles. The lowest BCUT2D eigenvalue weighted by molar-refractivity contribution is 0.0599. The Labute approximate surface area is 177 Å². The first-order valence-electron chi connectivity index (χ1n) is 8.84. The SMILES string of the molecule is COC(=O)c1c(C)oc(NC(=O)c2ccc(F)c(F)c2F)c1-c1nc2ccccc2s1. The highest BCUT2D eigenvalue weighted by molar-refractivity contribution is 7.21. The van der Waals surface area contributed by atoms with E-state index in [1.807, 2.05) is 12.1 Å². The zero-order valence-corrected chi connectivity index (χ0v) is 16.9. The highest BCUT2D eigenvalue weighted by Gasteiger charge is 2.30. The average molecular weight is 446 g/mol.